The molecule has 4 nitrogen and oxygen atoms in total. The lowest BCUT2D eigenvalue weighted by atomic mass is 10.2. The molecule has 0 atom stereocenters. The normalized spacial score (nSPS) is 10.7. The molecule has 0 radical (unpaired) electrons. The van der Waals surface area contributed by atoms with Crippen LogP contribution in [0.4, 0.5) is 0 Å². The molecule has 0 bridgehead atoms. The van der Waals surface area contributed by atoms with Crippen LogP contribution in [0.3, 0.4) is 0 Å². The van der Waals surface area contributed by atoms with Crippen LogP contribution in [0.25, 0.3) is 0 Å². The molecule has 0 aromatic heterocycles. The van der Waals surface area contributed by atoms with Crippen molar-refractivity contribution in [1.82, 2.24) is 5.43 Å². The van der Waals surface area contributed by atoms with Gasteiger partial charge in [-0.05, 0) is 36.4 Å². The molecule has 0 saturated carbocycles. The fourth-order valence-electron chi connectivity index (χ4n) is 1.48. The third-order valence-corrected chi connectivity index (χ3v) is 3.17. The van der Waals surface area contributed by atoms with Crippen LogP contribution in [0, 0.1) is 0 Å². The summed E-state index contributed by atoms with van der Waals surface area (Å²) >= 11 is 9.09. The van der Waals surface area contributed by atoms with E-state index < -0.39 is 0 Å². The Kier molecular flexibility index (Phi) is 4.76. The minimum atomic E-state index is -0.377. The number of phenolic OH excluding ortho intramolecular Hbond substituents is 1. The van der Waals surface area contributed by atoms with Crippen LogP contribution in [-0.4, -0.2) is 17.2 Å². The molecular formula is C14H10BrClN2O2. The molecule has 6 heteroatoms. The Morgan fingerprint density at radius 3 is 2.85 bits per heavy atom. The van der Waals surface area contributed by atoms with E-state index >= 15 is 0 Å². The first-order chi connectivity index (χ1) is 9.56. The van der Waals surface area contributed by atoms with Crippen LogP contribution in [0.1, 0.15) is 15.9 Å². The van der Waals surface area contributed by atoms with Crippen molar-refractivity contribution < 1.29 is 9.90 Å². The summed E-state index contributed by atoms with van der Waals surface area (Å²) in [5, 5.41) is 13.9. The minimum absolute atomic E-state index is 0.0777. The van der Waals surface area contributed by atoms with Crippen LogP contribution in [0.5, 0.6) is 5.75 Å². The highest BCUT2D eigenvalue weighted by atomic mass is 79.9. The van der Waals surface area contributed by atoms with E-state index in [1.807, 2.05) is 0 Å². The van der Waals surface area contributed by atoms with Gasteiger partial charge in [0.1, 0.15) is 5.75 Å². The molecule has 102 valence electrons. The molecule has 0 saturated heterocycles. The predicted octanol–water partition coefficient (Wildman–Crippen LogP) is 3.57. The zero-order chi connectivity index (χ0) is 14.5. The highest BCUT2D eigenvalue weighted by Gasteiger charge is 2.04. The van der Waals surface area contributed by atoms with E-state index in [1.54, 1.807) is 36.4 Å². The fourth-order valence-corrected chi connectivity index (χ4v) is 2.05. The number of hydrazone groups is 1. The van der Waals surface area contributed by atoms with Crippen molar-refractivity contribution in [3.05, 3.63) is 63.1 Å². The number of halogens is 2. The van der Waals surface area contributed by atoms with Crippen molar-refractivity contribution in [2.45, 2.75) is 0 Å². The summed E-state index contributed by atoms with van der Waals surface area (Å²) in [5.41, 5.74) is 3.27. The summed E-state index contributed by atoms with van der Waals surface area (Å²) in [7, 11) is 0. The number of benzene rings is 2. The average molecular weight is 354 g/mol. The van der Waals surface area contributed by atoms with Gasteiger partial charge in [-0.2, -0.15) is 5.10 Å². The van der Waals surface area contributed by atoms with Gasteiger partial charge in [-0.15, -0.1) is 0 Å². The van der Waals surface area contributed by atoms with E-state index in [4.69, 9.17) is 11.6 Å². The Morgan fingerprint density at radius 1 is 1.30 bits per heavy atom. The number of nitrogens with one attached hydrogen (secondary N) is 1. The van der Waals surface area contributed by atoms with Crippen LogP contribution >= 0.6 is 27.5 Å². The Bertz CT molecular complexity index is 674. The summed E-state index contributed by atoms with van der Waals surface area (Å²) in [6.45, 7) is 0. The summed E-state index contributed by atoms with van der Waals surface area (Å²) in [4.78, 5) is 11.8. The molecule has 0 spiro atoms. The predicted molar refractivity (Wildman–Crippen MR) is 82.3 cm³/mol. The number of carbonyl (C=O) groups excluding carboxylic acids is 1. The van der Waals surface area contributed by atoms with E-state index in [-0.39, 0.29) is 11.7 Å². The fraction of sp³-hybridized carbons (Fsp3) is 0. The lowest BCUT2D eigenvalue weighted by Gasteiger charge is -2.01. The van der Waals surface area contributed by atoms with E-state index in [9.17, 15) is 9.90 Å². The maximum Gasteiger partial charge on any atom is 0.271 e. The second kappa shape index (κ2) is 6.54. The van der Waals surface area contributed by atoms with E-state index in [1.165, 1.54) is 12.3 Å². The third-order valence-electron chi connectivity index (χ3n) is 2.45. The second-order valence-electron chi connectivity index (χ2n) is 3.91. The Labute approximate surface area is 129 Å². The van der Waals surface area contributed by atoms with Crippen LogP contribution in [0.2, 0.25) is 5.02 Å². The first kappa shape index (κ1) is 14.6. The van der Waals surface area contributed by atoms with Crippen LogP contribution in [-0.2, 0) is 0 Å². The highest BCUT2D eigenvalue weighted by Crippen LogP contribution is 2.19. The summed E-state index contributed by atoms with van der Waals surface area (Å²) < 4.78 is 0.804. The standard InChI is InChI=1S/C14H10BrClN2O2/c15-11-4-5-13(19)10(6-11)8-17-18-14(20)9-2-1-3-12(16)7-9/h1-8,19H,(H,18,20)/b17-8+. The Morgan fingerprint density at radius 2 is 2.10 bits per heavy atom. The zero-order valence-corrected chi connectivity index (χ0v) is 12.5. The Hall–Kier alpha value is -1.85. The Balaban J connectivity index is 2.06. The van der Waals surface area contributed by atoms with Crippen molar-refractivity contribution in [2.75, 3.05) is 0 Å². The molecule has 0 unspecified atom stereocenters. The number of hydrogen-bond acceptors (Lipinski definition) is 3. The van der Waals surface area contributed by atoms with Crippen LogP contribution < -0.4 is 5.43 Å². The van der Waals surface area contributed by atoms with Gasteiger partial charge in [0.05, 0.1) is 6.21 Å². The zero-order valence-electron chi connectivity index (χ0n) is 10.2. The van der Waals surface area contributed by atoms with E-state index in [0.717, 1.165) is 4.47 Å². The first-order valence-electron chi connectivity index (χ1n) is 5.64. The van der Waals surface area contributed by atoms with Crippen LogP contribution in [0.15, 0.2) is 52.0 Å². The minimum Gasteiger partial charge on any atom is -0.507 e. The summed E-state index contributed by atoms with van der Waals surface area (Å²) in [6, 6.07) is 11.5. The summed E-state index contributed by atoms with van der Waals surface area (Å²) in [5.74, 6) is -0.299. The monoisotopic (exact) mass is 352 g/mol. The van der Waals surface area contributed by atoms with Gasteiger partial charge in [0.15, 0.2) is 0 Å². The molecule has 0 aliphatic carbocycles. The van der Waals surface area contributed by atoms with Gasteiger partial charge >= 0.3 is 0 Å². The molecular weight excluding hydrogens is 344 g/mol. The van der Waals surface area contributed by atoms with Gasteiger partial charge in [-0.3, -0.25) is 4.79 Å². The molecule has 0 heterocycles. The van der Waals surface area contributed by atoms with Crippen molar-refractivity contribution in [2.24, 2.45) is 5.10 Å². The average Bonchev–Trinajstić information content (AvgIpc) is 2.42. The molecule has 2 aromatic carbocycles. The lowest BCUT2D eigenvalue weighted by Crippen LogP contribution is -2.17. The number of phenols is 1. The van der Waals surface area contributed by atoms with Gasteiger partial charge in [0, 0.05) is 20.6 Å². The van der Waals surface area contributed by atoms with Gasteiger partial charge in [0.25, 0.3) is 5.91 Å². The highest BCUT2D eigenvalue weighted by molar-refractivity contribution is 9.10. The number of nitrogens with zero attached hydrogens (tertiary/aromatic N) is 1. The first-order valence-corrected chi connectivity index (χ1v) is 6.81. The largest absolute Gasteiger partial charge is 0.507 e. The van der Waals surface area contributed by atoms with Gasteiger partial charge in [0.2, 0.25) is 0 Å². The third kappa shape index (κ3) is 3.82. The van der Waals surface area contributed by atoms with Gasteiger partial charge in [-0.25, -0.2) is 5.43 Å². The topological polar surface area (TPSA) is 61.7 Å². The maximum atomic E-state index is 11.8. The molecule has 2 aromatic rings. The van der Waals surface area contributed by atoms with E-state index in [0.29, 0.717) is 16.1 Å². The smallest absolute Gasteiger partial charge is 0.271 e. The van der Waals surface area contributed by atoms with Crippen molar-refractivity contribution in [1.29, 1.82) is 0 Å². The lowest BCUT2D eigenvalue weighted by molar-refractivity contribution is 0.0955. The molecule has 1 amide bonds. The molecule has 20 heavy (non-hydrogen) atoms. The number of carbonyl (C=O) groups is 1. The van der Waals surface area contributed by atoms with Crippen molar-refractivity contribution in [3.8, 4) is 5.75 Å². The number of hydrogen-bond donors (Lipinski definition) is 2. The number of rotatable bonds is 3. The molecule has 0 fully saturated rings. The van der Waals surface area contributed by atoms with Gasteiger partial charge in [-0.1, -0.05) is 33.6 Å². The van der Waals surface area contributed by atoms with E-state index in [2.05, 4.69) is 26.5 Å². The maximum absolute atomic E-state index is 11.8. The quantitative estimate of drug-likeness (QED) is 0.654. The molecule has 2 rings (SSSR count). The second-order valence-corrected chi connectivity index (χ2v) is 5.26. The van der Waals surface area contributed by atoms with Crippen molar-refractivity contribution >= 4 is 39.7 Å². The SMILES string of the molecule is O=C(N/N=C/c1cc(Br)ccc1O)c1cccc(Cl)c1. The molecule has 0 aliphatic heterocycles. The number of aromatic hydroxyl groups is 1. The van der Waals surface area contributed by atoms with Gasteiger partial charge < -0.3 is 5.11 Å². The summed E-state index contributed by atoms with van der Waals surface area (Å²) in [6.07, 6.45) is 1.36. The number of amides is 1. The molecule has 0 aliphatic rings. The molecule has 2 N–H and O–H groups in total. The van der Waals surface area contributed by atoms with Crippen molar-refractivity contribution in [3.63, 3.8) is 0 Å².